The second kappa shape index (κ2) is 6.67. The summed E-state index contributed by atoms with van der Waals surface area (Å²) in [7, 11) is 0. The lowest BCUT2D eigenvalue weighted by molar-refractivity contribution is -0.123. The number of carbonyl (C=O) groups is 2. The molecular weight excluding hydrogens is 334 g/mol. The van der Waals surface area contributed by atoms with Gasteiger partial charge in [0.1, 0.15) is 18.6 Å². The van der Waals surface area contributed by atoms with Gasteiger partial charge in [-0.25, -0.2) is 4.98 Å². The Bertz CT molecular complexity index is 938. The van der Waals surface area contributed by atoms with E-state index in [4.69, 9.17) is 4.74 Å². The van der Waals surface area contributed by atoms with Gasteiger partial charge < -0.3 is 10.1 Å². The van der Waals surface area contributed by atoms with Gasteiger partial charge in [0.2, 0.25) is 5.91 Å². The molecule has 0 radical (unpaired) electrons. The minimum atomic E-state index is -0.289. The van der Waals surface area contributed by atoms with Gasteiger partial charge in [-0.15, -0.1) is 0 Å². The van der Waals surface area contributed by atoms with E-state index in [2.05, 4.69) is 20.5 Å². The SMILES string of the molecule is O=C(CN1C(=O)COc2ccccc21)Nc1ccc(-c2ncn[nH]2)cc1. The maximum atomic E-state index is 12.4. The number of aromatic amines is 1. The summed E-state index contributed by atoms with van der Waals surface area (Å²) < 4.78 is 5.38. The van der Waals surface area contributed by atoms with Crippen molar-refractivity contribution < 1.29 is 14.3 Å². The number of benzene rings is 2. The van der Waals surface area contributed by atoms with Crippen molar-refractivity contribution in [3.8, 4) is 17.1 Å². The number of ether oxygens (including phenoxy) is 1. The largest absolute Gasteiger partial charge is 0.482 e. The molecule has 0 unspecified atom stereocenters. The Balaban J connectivity index is 1.45. The summed E-state index contributed by atoms with van der Waals surface area (Å²) in [6.45, 7) is -0.154. The van der Waals surface area contributed by atoms with Gasteiger partial charge in [-0.2, -0.15) is 5.10 Å². The Labute approximate surface area is 148 Å². The molecule has 2 amide bonds. The van der Waals surface area contributed by atoms with Crippen LogP contribution >= 0.6 is 0 Å². The number of nitrogens with one attached hydrogen (secondary N) is 2. The van der Waals surface area contributed by atoms with E-state index in [1.54, 1.807) is 30.3 Å². The van der Waals surface area contributed by atoms with Crippen LogP contribution in [0, 0.1) is 0 Å². The summed E-state index contributed by atoms with van der Waals surface area (Å²) in [6.07, 6.45) is 1.43. The molecule has 8 nitrogen and oxygen atoms in total. The van der Waals surface area contributed by atoms with Gasteiger partial charge in [0.05, 0.1) is 5.69 Å². The number of carbonyl (C=O) groups excluding carboxylic acids is 2. The van der Waals surface area contributed by atoms with Gasteiger partial charge in [0, 0.05) is 11.3 Å². The Morgan fingerprint density at radius 3 is 2.77 bits per heavy atom. The summed E-state index contributed by atoms with van der Waals surface area (Å²) in [5.41, 5.74) is 2.09. The molecule has 2 aromatic carbocycles. The number of aromatic nitrogens is 3. The molecule has 0 saturated carbocycles. The van der Waals surface area contributed by atoms with E-state index in [-0.39, 0.29) is 25.0 Å². The van der Waals surface area contributed by atoms with Crippen LogP contribution in [0.1, 0.15) is 0 Å². The molecule has 1 aliphatic heterocycles. The van der Waals surface area contributed by atoms with Gasteiger partial charge in [-0.3, -0.25) is 19.6 Å². The van der Waals surface area contributed by atoms with E-state index in [0.29, 0.717) is 22.9 Å². The van der Waals surface area contributed by atoms with Gasteiger partial charge in [-0.1, -0.05) is 12.1 Å². The highest BCUT2D eigenvalue weighted by atomic mass is 16.5. The predicted molar refractivity (Wildman–Crippen MR) is 94.7 cm³/mol. The molecule has 4 rings (SSSR count). The molecule has 0 bridgehead atoms. The van der Waals surface area contributed by atoms with E-state index in [0.717, 1.165) is 5.56 Å². The number of hydrogen-bond donors (Lipinski definition) is 2. The lowest BCUT2D eigenvalue weighted by atomic mass is 10.2. The van der Waals surface area contributed by atoms with Crippen molar-refractivity contribution in [2.45, 2.75) is 0 Å². The maximum Gasteiger partial charge on any atom is 0.265 e. The molecule has 0 spiro atoms. The minimum absolute atomic E-state index is 0.0732. The first kappa shape index (κ1) is 15.8. The average molecular weight is 349 g/mol. The quantitative estimate of drug-likeness (QED) is 0.748. The third-order valence-corrected chi connectivity index (χ3v) is 3.97. The highest BCUT2D eigenvalue weighted by Gasteiger charge is 2.26. The molecule has 26 heavy (non-hydrogen) atoms. The van der Waals surface area contributed by atoms with Gasteiger partial charge in [0.15, 0.2) is 12.4 Å². The fraction of sp³-hybridized carbons (Fsp3) is 0.111. The lowest BCUT2D eigenvalue weighted by Gasteiger charge is -2.28. The van der Waals surface area contributed by atoms with Crippen LogP contribution in [0.25, 0.3) is 11.4 Å². The Kier molecular flexibility index (Phi) is 4.06. The van der Waals surface area contributed by atoms with Crippen molar-refractivity contribution in [2.75, 3.05) is 23.4 Å². The van der Waals surface area contributed by atoms with Crippen LogP contribution in [-0.4, -0.2) is 40.1 Å². The summed E-state index contributed by atoms with van der Waals surface area (Å²) in [4.78, 5) is 30.0. The van der Waals surface area contributed by atoms with Crippen molar-refractivity contribution in [1.82, 2.24) is 15.2 Å². The van der Waals surface area contributed by atoms with E-state index < -0.39 is 0 Å². The first-order valence-corrected chi connectivity index (χ1v) is 7.98. The van der Waals surface area contributed by atoms with Crippen LogP contribution in [-0.2, 0) is 9.59 Å². The third kappa shape index (κ3) is 3.12. The van der Waals surface area contributed by atoms with Crippen LogP contribution < -0.4 is 15.0 Å². The standard InChI is InChI=1S/C18H15N5O3/c24-16(9-23-14-3-1-2-4-15(14)26-10-17(23)25)21-13-7-5-12(6-8-13)18-19-11-20-22-18/h1-8,11H,9-10H2,(H,21,24)(H,19,20,22). The van der Waals surface area contributed by atoms with E-state index in [1.807, 2.05) is 18.2 Å². The van der Waals surface area contributed by atoms with Crippen LogP contribution in [0.4, 0.5) is 11.4 Å². The van der Waals surface area contributed by atoms with Crippen molar-refractivity contribution in [3.63, 3.8) is 0 Å². The van der Waals surface area contributed by atoms with E-state index in [1.165, 1.54) is 11.2 Å². The lowest BCUT2D eigenvalue weighted by Crippen LogP contribution is -2.43. The molecule has 130 valence electrons. The normalized spacial score (nSPS) is 13.1. The zero-order valence-electron chi connectivity index (χ0n) is 13.7. The van der Waals surface area contributed by atoms with Gasteiger partial charge in [-0.05, 0) is 36.4 Å². The molecule has 0 saturated heterocycles. The van der Waals surface area contributed by atoms with Crippen LogP contribution in [0.3, 0.4) is 0 Å². The molecule has 3 aromatic rings. The average Bonchev–Trinajstić information content (AvgIpc) is 3.19. The molecule has 2 heterocycles. The highest BCUT2D eigenvalue weighted by molar-refractivity contribution is 6.05. The zero-order valence-corrected chi connectivity index (χ0v) is 13.7. The van der Waals surface area contributed by atoms with Crippen molar-refractivity contribution in [3.05, 3.63) is 54.9 Å². The first-order valence-electron chi connectivity index (χ1n) is 7.98. The summed E-state index contributed by atoms with van der Waals surface area (Å²) in [5, 5.41) is 9.38. The van der Waals surface area contributed by atoms with Gasteiger partial charge in [0.25, 0.3) is 5.91 Å². The number of para-hydroxylation sites is 2. The fourth-order valence-electron chi connectivity index (χ4n) is 2.73. The second-order valence-electron chi connectivity index (χ2n) is 5.70. The summed E-state index contributed by atoms with van der Waals surface area (Å²) in [5.74, 6) is 0.705. The number of fused-ring (bicyclic) bond motifs is 1. The molecular formula is C18H15N5O3. The molecule has 8 heteroatoms. The fourth-order valence-corrected chi connectivity index (χ4v) is 2.73. The Morgan fingerprint density at radius 1 is 1.19 bits per heavy atom. The Hall–Kier alpha value is -3.68. The maximum absolute atomic E-state index is 12.4. The summed E-state index contributed by atoms with van der Waals surface area (Å²) in [6, 6.07) is 14.3. The molecule has 1 aliphatic rings. The number of rotatable bonds is 4. The van der Waals surface area contributed by atoms with E-state index in [9.17, 15) is 9.59 Å². The number of hydrogen-bond acceptors (Lipinski definition) is 5. The van der Waals surface area contributed by atoms with Gasteiger partial charge >= 0.3 is 0 Å². The van der Waals surface area contributed by atoms with E-state index >= 15 is 0 Å². The number of nitrogens with zero attached hydrogens (tertiary/aromatic N) is 3. The monoisotopic (exact) mass is 349 g/mol. The van der Waals surface area contributed by atoms with Crippen molar-refractivity contribution >= 4 is 23.2 Å². The Morgan fingerprint density at radius 2 is 2.00 bits per heavy atom. The molecule has 0 atom stereocenters. The number of amides is 2. The highest BCUT2D eigenvalue weighted by Crippen LogP contribution is 2.31. The van der Waals surface area contributed by atoms with Crippen LogP contribution in [0.15, 0.2) is 54.9 Å². The van der Waals surface area contributed by atoms with Crippen LogP contribution in [0.5, 0.6) is 5.75 Å². The molecule has 2 N–H and O–H groups in total. The summed E-state index contributed by atoms with van der Waals surface area (Å²) >= 11 is 0. The number of anilines is 2. The van der Waals surface area contributed by atoms with Crippen LogP contribution in [0.2, 0.25) is 0 Å². The molecule has 0 fully saturated rings. The first-order chi connectivity index (χ1) is 12.7. The zero-order chi connectivity index (χ0) is 17.9. The smallest absolute Gasteiger partial charge is 0.265 e. The number of H-pyrrole nitrogens is 1. The molecule has 1 aromatic heterocycles. The van der Waals surface area contributed by atoms with Crippen molar-refractivity contribution in [1.29, 1.82) is 0 Å². The second-order valence-corrected chi connectivity index (χ2v) is 5.70. The minimum Gasteiger partial charge on any atom is -0.482 e. The third-order valence-electron chi connectivity index (χ3n) is 3.97. The predicted octanol–water partition coefficient (Wildman–Crippen LogP) is 1.84. The molecule has 0 aliphatic carbocycles. The van der Waals surface area contributed by atoms with Crippen molar-refractivity contribution in [2.24, 2.45) is 0 Å². The topological polar surface area (TPSA) is 100 Å².